The van der Waals surface area contributed by atoms with Gasteiger partial charge in [-0.15, -0.1) is 0 Å². The Labute approximate surface area is 187 Å². The molecule has 3 rings (SSSR count). The van der Waals surface area contributed by atoms with E-state index in [1.807, 2.05) is 12.1 Å². The van der Waals surface area contributed by atoms with Crippen LogP contribution in [0.5, 0.6) is 5.75 Å². The van der Waals surface area contributed by atoms with Crippen molar-refractivity contribution >= 4 is 5.97 Å². The molecular formula is C26H40O5. The highest BCUT2D eigenvalue weighted by molar-refractivity contribution is 5.68. The predicted octanol–water partition coefficient (Wildman–Crippen LogP) is 5.02. The quantitative estimate of drug-likeness (QED) is 0.428. The molecule has 2 N–H and O–H groups in total. The van der Waals surface area contributed by atoms with Gasteiger partial charge in [-0.2, -0.15) is 0 Å². The topological polar surface area (TPSA) is 76.0 Å². The van der Waals surface area contributed by atoms with Gasteiger partial charge in [0.25, 0.3) is 0 Å². The minimum Gasteiger partial charge on any atom is -0.482 e. The Hall–Kier alpha value is -1.59. The van der Waals surface area contributed by atoms with E-state index in [2.05, 4.69) is 19.9 Å². The van der Waals surface area contributed by atoms with E-state index < -0.39 is 5.97 Å². The van der Waals surface area contributed by atoms with Gasteiger partial charge >= 0.3 is 5.97 Å². The van der Waals surface area contributed by atoms with Crippen LogP contribution in [0.25, 0.3) is 0 Å². The molecule has 1 unspecified atom stereocenters. The standard InChI is InChI=1S/C26H40O5/c1-3-5-6-9-20(30-13-4-2)11-12-21-22-14-18-8-7-10-25(31-17-26(28)29)23(18)15-19(22)16-24(21)27/h7-8,10,19-22,24,27H,3-6,9,11-17H2,1-2H3,(H,28,29)/t19-,20?,21+,22-,24+/m0/s1. The fraction of sp³-hybridized carbons (Fsp3) is 0.731. The van der Waals surface area contributed by atoms with Crippen molar-refractivity contribution in [1.29, 1.82) is 0 Å². The van der Waals surface area contributed by atoms with E-state index in [1.54, 1.807) is 0 Å². The van der Waals surface area contributed by atoms with Crippen molar-refractivity contribution in [2.45, 2.75) is 90.3 Å². The van der Waals surface area contributed by atoms with Gasteiger partial charge in [0.2, 0.25) is 0 Å². The first kappa shape index (κ1) is 24.1. The molecule has 5 heteroatoms. The van der Waals surface area contributed by atoms with Crippen LogP contribution in [0.2, 0.25) is 0 Å². The van der Waals surface area contributed by atoms with Gasteiger partial charge in [-0.1, -0.05) is 45.2 Å². The maximum absolute atomic E-state index is 10.9. The van der Waals surface area contributed by atoms with E-state index in [0.29, 0.717) is 29.6 Å². The van der Waals surface area contributed by atoms with Crippen molar-refractivity contribution in [3.05, 3.63) is 29.3 Å². The smallest absolute Gasteiger partial charge is 0.341 e. The lowest BCUT2D eigenvalue weighted by molar-refractivity contribution is -0.139. The molecule has 1 aromatic rings. The number of aliphatic hydroxyl groups excluding tert-OH is 1. The van der Waals surface area contributed by atoms with E-state index in [0.717, 1.165) is 57.1 Å². The SMILES string of the molecule is CCCCCC(CC[C@@H]1[C@H]2Cc3cccc(OCC(=O)O)c3C[C@H]2C[C@H]1O)OCCC. The summed E-state index contributed by atoms with van der Waals surface area (Å²) in [5.74, 6) is 0.985. The first-order valence-corrected chi connectivity index (χ1v) is 12.3. The fourth-order valence-corrected chi connectivity index (χ4v) is 5.67. The molecule has 0 saturated heterocycles. The van der Waals surface area contributed by atoms with Crippen LogP contribution in [-0.2, 0) is 22.4 Å². The first-order valence-electron chi connectivity index (χ1n) is 12.3. The Kier molecular flexibility index (Phi) is 9.21. The van der Waals surface area contributed by atoms with E-state index in [-0.39, 0.29) is 12.7 Å². The number of hydrogen-bond donors (Lipinski definition) is 2. The Balaban J connectivity index is 1.63. The molecular weight excluding hydrogens is 392 g/mol. The van der Waals surface area contributed by atoms with Crippen LogP contribution < -0.4 is 4.74 Å². The van der Waals surface area contributed by atoms with Gasteiger partial charge in [0.15, 0.2) is 6.61 Å². The lowest BCUT2D eigenvalue weighted by Crippen LogP contribution is -2.28. The van der Waals surface area contributed by atoms with Gasteiger partial charge in [0.05, 0.1) is 12.2 Å². The Morgan fingerprint density at radius 2 is 2.00 bits per heavy atom. The Morgan fingerprint density at radius 1 is 1.16 bits per heavy atom. The summed E-state index contributed by atoms with van der Waals surface area (Å²) >= 11 is 0. The zero-order valence-corrected chi connectivity index (χ0v) is 19.2. The number of aliphatic hydroxyl groups is 1. The zero-order chi connectivity index (χ0) is 22.2. The molecule has 0 aromatic heterocycles. The van der Waals surface area contributed by atoms with Crippen LogP contribution in [0.15, 0.2) is 18.2 Å². The van der Waals surface area contributed by atoms with Crippen LogP contribution in [0.1, 0.15) is 76.3 Å². The number of aliphatic carboxylic acids is 1. The monoisotopic (exact) mass is 432 g/mol. The molecule has 5 nitrogen and oxygen atoms in total. The van der Waals surface area contributed by atoms with Gasteiger partial charge in [-0.25, -0.2) is 4.79 Å². The summed E-state index contributed by atoms with van der Waals surface area (Å²) in [5.41, 5.74) is 2.39. The van der Waals surface area contributed by atoms with E-state index in [1.165, 1.54) is 24.8 Å². The Bertz CT molecular complexity index is 703. The second kappa shape index (κ2) is 11.9. The molecule has 0 heterocycles. The number of carboxylic acid groups (broad SMARTS) is 1. The highest BCUT2D eigenvalue weighted by Crippen LogP contribution is 2.48. The summed E-state index contributed by atoms with van der Waals surface area (Å²) < 4.78 is 11.7. The number of carboxylic acids is 1. The van der Waals surface area contributed by atoms with Crippen LogP contribution >= 0.6 is 0 Å². The lowest BCUT2D eigenvalue weighted by atomic mass is 9.73. The van der Waals surface area contributed by atoms with E-state index in [4.69, 9.17) is 14.6 Å². The highest BCUT2D eigenvalue weighted by Gasteiger charge is 2.45. The van der Waals surface area contributed by atoms with E-state index >= 15 is 0 Å². The average Bonchev–Trinajstić information content (AvgIpc) is 3.06. The number of fused-ring (bicyclic) bond motifs is 2. The minimum absolute atomic E-state index is 0.254. The third-order valence-corrected chi connectivity index (χ3v) is 7.21. The van der Waals surface area contributed by atoms with Crippen LogP contribution in [-0.4, -0.2) is 41.6 Å². The molecule has 0 aliphatic heterocycles. The number of carbonyl (C=O) groups is 1. The van der Waals surface area contributed by atoms with Crippen LogP contribution in [0, 0.1) is 17.8 Å². The highest BCUT2D eigenvalue weighted by atomic mass is 16.5. The number of ether oxygens (including phenoxy) is 2. The van der Waals surface area contributed by atoms with Crippen molar-refractivity contribution in [2.24, 2.45) is 17.8 Å². The van der Waals surface area contributed by atoms with Gasteiger partial charge in [-0.3, -0.25) is 0 Å². The summed E-state index contributed by atoms with van der Waals surface area (Å²) in [6, 6.07) is 5.97. The average molecular weight is 433 g/mol. The lowest BCUT2D eigenvalue weighted by Gasteiger charge is -2.33. The molecule has 1 fully saturated rings. The van der Waals surface area contributed by atoms with Crippen molar-refractivity contribution in [3.8, 4) is 5.75 Å². The minimum atomic E-state index is -0.957. The zero-order valence-electron chi connectivity index (χ0n) is 19.2. The maximum Gasteiger partial charge on any atom is 0.341 e. The van der Waals surface area contributed by atoms with Crippen molar-refractivity contribution < 1.29 is 24.5 Å². The fourth-order valence-electron chi connectivity index (χ4n) is 5.67. The summed E-state index contributed by atoms with van der Waals surface area (Å²) in [6.07, 6.45) is 10.6. The number of hydrogen-bond acceptors (Lipinski definition) is 4. The van der Waals surface area contributed by atoms with Crippen LogP contribution in [0.3, 0.4) is 0 Å². The third-order valence-electron chi connectivity index (χ3n) is 7.21. The van der Waals surface area contributed by atoms with E-state index in [9.17, 15) is 9.90 Å². The molecule has 1 aromatic carbocycles. The molecule has 31 heavy (non-hydrogen) atoms. The van der Waals surface area contributed by atoms with Gasteiger partial charge in [-0.05, 0) is 79.9 Å². The predicted molar refractivity (Wildman–Crippen MR) is 121 cm³/mol. The number of rotatable bonds is 13. The molecule has 5 atom stereocenters. The summed E-state index contributed by atoms with van der Waals surface area (Å²) in [5, 5.41) is 19.9. The molecule has 2 aliphatic rings. The van der Waals surface area contributed by atoms with Crippen molar-refractivity contribution in [2.75, 3.05) is 13.2 Å². The number of benzene rings is 1. The second-order valence-electron chi connectivity index (χ2n) is 9.44. The molecule has 0 spiro atoms. The van der Waals surface area contributed by atoms with Gasteiger partial charge in [0, 0.05) is 6.61 Å². The molecule has 0 bridgehead atoms. The summed E-state index contributed by atoms with van der Waals surface area (Å²) in [6.45, 7) is 4.90. The summed E-state index contributed by atoms with van der Waals surface area (Å²) in [7, 11) is 0. The molecule has 0 amide bonds. The van der Waals surface area contributed by atoms with Gasteiger partial charge < -0.3 is 19.7 Å². The van der Waals surface area contributed by atoms with Crippen molar-refractivity contribution in [1.82, 2.24) is 0 Å². The molecule has 174 valence electrons. The van der Waals surface area contributed by atoms with Crippen molar-refractivity contribution in [3.63, 3.8) is 0 Å². The largest absolute Gasteiger partial charge is 0.482 e. The summed E-state index contributed by atoms with van der Waals surface area (Å²) in [4.78, 5) is 10.9. The third kappa shape index (κ3) is 6.45. The molecule has 1 saturated carbocycles. The molecule has 2 aliphatic carbocycles. The number of unbranched alkanes of at least 4 members (excludes halogenated alkanes) is 2. The molecule has 0 radical (unpaired) electrons. The normalized spacial score (nSPS) is 25.6. The second-order valence-corrected chi connectivity index (χ2v) is 9.44. The van der Waals surface area contributed by atoms with Crippen LogP contribution in [0.4, 0.5) is 0 Å². The van der Waals surface area contributed by atoms with Gasteiger partial charge in [0.1, 0.15) is 5.75 Å². The first-order chi connectivity index (χ1) is 15.0. The maximum atomic E-state index is 10.9. The Morgan fingerprint density at radius 3 is 2.74 bits per heavy atom.